The van der Waals surface area contributed by atoms with Gasteiger partial charge in [0.2, 0.25) is 0 Å². The smallest absolute Gasteiger partial charge is 0.0162 e. The first-order valence-electron chi connectivity index (χ1n) is 13.7. The second-order valence-electron chi connectivity index (χ2n) is 11.0. The molecular formula is C31H46. The van der Waals surface area contributed by atoms with Gasteiger partial charge in [0.05, 0.1) is 0 Å². The van der Waals surface area contributed by atoms with Gasteiger partial charge in [-0.05, 0) is 79.2 Å². The Kier molecular flexibility index (Phi) is 8.91. The van der Waals surface area contributed by atoms with Crippen molar-refractivity contribution in [3.63, 3.8) is 0 Å². The van der Waals surface area contributed by atoms with Crippen LogP contribution in [0.1, 0.15) is 120 Å². The van der Waals surface area contributed by atoms with Gasteiger partial charge in [0.25, 0.3) is 0 Å². The fraction of sp³-hybridized carbons (Fsp3) is 0.677. The van der Waals surface area contributed by atoms with Gasteiger partial charge in [-0.1, -0.05) is 107 Å². The van der Waals surface area contributed by atoms with E-state index in [9.17, 15) is 0 Å². The van der Waals surface area contributed by atoms with Crippen LogP contribution < -0.4 is 0 Å². The predicted molar refractivity (Wildman–Crippen MR) is 136 cm³/mol. The molecule has 0 aliphatic heterocycles. The Labute approximate surface area is 192 Å². The van der Waals surface area contributed by atoms with Crippen LogP contribution in [0.25, 0.3) is 6.08 Å². The topological polar surface area (TPSA) is 0 Å². The first-order valence-corrected chi connectivity index (χ1v) is 13.7. The molecule has 0 bridgehead atoms. The molecule has 3 aliphatic carbocycles. The van der Waals surface area contributed by atoms with E-state index in [0.29, 0.717) is 0 Å². The molecule has 4 rings (SSSR count). The summed E-state index contributed by atoms with van der Waals surface area (Å²) in [6.45, 7) is 3.99. The maximum Gasteiger partial charge on any atom is -0.0162 e. The molecule has 1 aromatic carbocycles. The lowest BCUT2D eigenvalue weighted by Crippen LogP contribution is -2.27. The minimum absolute atomic E-state index is 0.754. The fourth-order valence-electron chi connectivity index (χ4n) is 7.06. The molecule has 0 amide bonds. The van der Waals surface area contributed by atoms with Crippen LogP contribution in [0, 0.1) is 23.7 Å². The third kappa shape index (κ3) is 6.59. The number of allylic oxidation sites excluding steroid dienone is 2. The summed E-state index contributed by atoms with van der Waals surface area (Å²) in [7, 11) is 0. The maximum atomic E-state index is 3.99. The Balaban J connectivity index is 1.28. The average molecular weight is 419 g/mol. The van der Waals surface area contributed by atoms with Gasteiger partial charge in [-0.2, -0.15) is 0 Å². The van der Waals surface area contributed by atoms with E-state index in [2.05, 4.69) is 49.1 Å². The summed E-state index contributed by atoms with van der Waals surface area (Å²) in [5.74, 6) is 4.57. The summed E-state index contributed by atoms with van der Waals surface area (Å²) in [5, 5.41) is 0. The van der Waals surface area contributed by atoms with Crippen molar-refractivity contribution in [3.8, 4) is 0 Å². The molecule has 1 aromatic rings. The molecule has 3 aliphatic rings. The van der Waals surface area contributed by atoms with E-state index in [1.54, 1.807) is 5.56 Å². The van der Waals surface area contributed by atoms with Crippen LogP contribution in [-0.4, -0.2) is 0 Å². The van der Waals surface area contributed by atoms with E-state index in [-0.39, 0.29) is 0 Å². The summed E-state index contributed by atoms with van der Waals surface area (Å²) < 4.78 is 0. The Morgan fingerprint density at radius 3 is 1.87 bits per heavy atom. The van der Waals surface area contributed by atoms with Crippen LogP contribution in [0.2, 0.25) is 0 Å². The van der Waals surface area contributed by atoms with Crippen molar-refractivity contribution in [2.24, 2.45) is 23.7 Å². The molecule has 0 heteroatoms. The minimum atomic E-state index is 0.754. The largest absolute Gasteiger partial charge is 0.103 e. The van der Waals surface area contributed by atoms with Crippen LogP contribution in [0.4, 0.5) is 0 Å². The number of hydrogen-bond donors (Lipinski definition) is 0. The summed E-state index contributed by atoms with van der Waals surface area (Å²) in [5.41, 5.74) is 2.93. The molecule has 0 heterocycles. The van der Waals surface area contributed by atoms with E-state index in [4.69, 9.17) is 0 Å². The number of benzene rings is 1. The van der Waals surface area contributed by atoms with Gasteiger partial charge in [0.1, 0.15) is 0 Å². The molecule has 0 atom stereocenters. The van der Waals surface area contributed by atoms with Crippen LogP contribution in [0.3, 0.4) is 0 Å². The highest BCUT2D eigenvalue weighted by Crippen LogP contribution is 2.42. The second-order valence-corrected chi connectivity index (χ2v) is 11.0. The van der Waals surface area contributed by atoms with Gasteiger partial charge in [-0.15, -0.1) is 6.58 Å². The van der Waals surface area contributed by atoms with Crippen LogP contribution in [-0.2, 0) is 0 Å². The third-order valence-corrected chi connectivity index (χ3v) is 9.00. The van der Waals surface area contributed by atoms with Gasteiger partial charge < -0.3 is 0 Å². The molecule has 0 saturated heterocycles. The molecule has 0 radical (unpaired) electrons. The molecule has 0 unspecified atom stereocenters. The summed E-state index contributed by atoms with van der Waals surface area (Å²) >= 11 is 0. The average Bonchev–Trinajstić information content (AvgIpc) is 2.85. The zero-order valence-corrected chi connectivity index (χ0v) is 19.9. The Morgan fingerprint density at radius 1 is 0.742 bits per heavy atom. The van der Waals surface area contributed by atoms with Gasteiger partial charge in [-0.25, -0.2) is 0 Å². The molecule has 3 saturated carbocycles. The van der Waals surface area contributed by atoms with Gasteiger partial charge in [0.15, 0.2) is 0 Å². The van der Waals surface area contributed by atoms with Gasteiger partial charge in [-0.3, -0.25) is 0 Å². The lowest BCUT2D eigenvalue weighted by molar-refractivity contribution is 0.135. The van der Waals surface area contributed by atoms with Crippen molar-refractivity contribution in [1.82, 2.24) is 0 Å². The van der Waals surface area contributed by atoms with Crippen molar-refractivity contribution in [2.75, 3.05) is 0 Å². The van der Waals surface area contributed by atoms with Crippen molar-refractivity contribution in [1.29, 1.82) is 0 Å². The molecule has 3 fully saturated rings. The van der Waals surface area contributed by atoms with E-state index < -0.39 is 0 Å². The first-order chi connectivity index (χ1) is 15.3. The molecule has 0 aromatic heterocycles. The minimum Gasteiger partial charge on any atom is -0.103 e. The van der Waals surface area contributed by atoms with Gasteiger partial charge in [0, 0.05) is 0 Å². The Hall–Kier alpha value is -1.30. The monoisotopic (exact) mass is 418 g/mol. The highest BCUT2D eigenvalue weighted by Gasteiger charge is 2.30. The standard InChI is InChI=1S/C31H46/c1-2-25-17-21-27(22-18-25)28-23-19-26(20-24-28)11-9-10-16-31(29-12-5-3-6-13-29)30-14-7-4-8-15-30/h2,9,11,19-20,23-25,27,29-31H,1,3-8,10,12-18,21-22H2. The van der Waals surface area contributed by atoms with E-state index in [1.165, 1.54) is 108 Å². The molecule has 0 nitrogen and oxygen atoms in total. The van der Waals surface area contributed by atoms with Gasteiger partial charge >= 0.3 is 0 Å². The van der Waals surface area contributed by atoms with E-state index >= 15 is 0 Å². The van der Waals surface area contributed by atoms with Crippen molar-refractivity contribution >= 4 is 6.08 Å². The first kappa shape index (κ1) is 22.9. The number of rotatable bonds is 8. The van der Waals surface area contributed by atoms with Crippen molar-refractivity contribution < 1.29 is 0 Å². The van der Waals surface area contributed by atoms with E-state index in [1.807, 2.05) is 0 Å². The third-order valence-electron chi connectivity index (χ3n) is 9.00. The van der Waals surface area contributed by atoms with Crippen LogP contribution >= 0.6 is 0 Å². The predicted octanol–water partition coefficient (Wildman–Crippen LogP) is 9.72. The number of hydrogen-bond acceptors (Lipinski definition) is 0. The lowest BCUT2D eigenvalue weighted by Gasteiger charge is -2.38. The van der Waals surface area contributed by atoms with E-state index in [0.717, 1.165) is 29.6 Å². The molecule has 0 N–H and O–H groups in total. The highest BCUT2D eigenvalue weighted by atomic mass is 14.4. The van der Waals surface area contributed by atoms with Crippen molar-refractivity contribution in [3.05, 3.63) is 54.1 Å². The van der Waals surface area contributed by atoms with Crippen LogP contribution in [0.5, 0.6) is 0 Å². The molecular weight excluding hydrogens is 372 g/mol. The zero-order chi connectivity index (χ0) is 21.3. The quantitative estimate of drug-likeness (QED) is 0.368. The molecule has 0 spiro atoms. The Bertz CT molecular complexity index is 642. The Morgan fingerprint density at radius 2 is 1.32 bits per heavy atom. The fourth-order valence-corrected chi connectivity index (χ4v) is 7.06. The summed E-state index contributed by atoms with van der Waals surface area (Å²) in [4.78, 5) is 0. The zero-order valence-electron chi connectivity index (χ0n) is 19.9. The second kappa shape index (κ2) is 12.1. The van der Waals surface area contributed by atoms with Crippen LogP contribution in [0.15, 0.2) is 43.0 Å². The normalized spacial score (nSPS) is 26.5. The molecule has 31 heavy (non-hydrogen) atoms. The SMILES string of the molecule is C=CC1CCC(c2ccc(C=CCCC(C3CCCCC3)C3CCCCC3)cc2)CC1. The lowest BCUT2D eigenvalue weighted by atomic mass is 9.68. The maximum absolute atomic E-state index is 3.99. The summed E-state index contributed by atoms with van der Waals surface area (Å²) in [6, 6.07) is 9.49. The summed E-state index contributed by atoms with van der Waals surface area (Å²) in [6.07, 6.45) is 30.0. The molecule has 170 valence electrons. The highest BCUT2D eigenvalue weighted by molar-refractivity contribution is 5.49. The van der Waals surface area contributed by atoms with Crippen molar-refractivity contribution in [2.45, 2.75) is 109 Å².